The Morgan fingerprint density at radius 2 is 2.56 bits per heavy atom. The van der Waals surface area contributed by atoms with Crippen molar-refractivity contribution in [3.05, 3.63) is 11.9 Å². The van der Waals surface area contributed by atoms with Gasteiger partial charge in [-0.15, -0.1) is 5.10 Å². The van der Waals surface area contributed by atoms with Gasteiger partial charge >= 0.3 is 0 Å². The lowest BCUT2D eigenvalue weighted by atomic mass is 10.2. The molecule has 1 aliphatic heterocycles. The van der Waals surface area contributed by atoms with Crippen molar-refractivity contribution in [1.29, 1.82) is 0 Å². The van der Waals surface area contributed by atoms with Crippen molar-refractivity contribution in [2.45, 2.75) is 31.9 Å². The molecular weight excluding hydrogens is 234 g/mol. The molecule has 3 N–H and O–H groups in total. The number of rotatable bonds is 6. The summed E-state index contributed by atoms with van der Waals surface area (Å²) >= 11 is 0. The van der Waals surface area contributed by atoms with Crippen LogP contribution in [-0.2, 0) is 22.5 Å². The predicted molar refractivity (Wildman–Crippen MR) is 64.8 cm³/mol. The number of carbonyl (C=O) groups excluding carboxylic acids is 1. The van der Waals surface area contributed by atoms with Crippen LogP contribution < -0.4 is 11.1 Å². The van der Waals surface area contributed by atoms with Crippen LogP contribution in [0, 0.1) is 0 Å². The number of nitrogens with one attached hydrogen (secondary N) is 1. The fourth-order valence-corrected chi connectivity index (χ4v) is 1.91. The second kappa shape index (κ2) is 6.46. The first kappa shape index (κ1) is 13.0. The van der Waals surface area contributed by atoms with E-state index in [-0.39, 0.29) is 18.6 Å². The second-order valence-corrected chi connectivity index (χ2v) is 4.39. The summed E-state index contributed by atoms with van der Waals surface area (Å²) < 4.78 is 6.95. The third-order valence-corrected chi connectivity index (χ3v) is 2.84. The number of hydrogen-bond acceptors (Lipinski definition) is 5. The Hall–Kier alpha value is -1.47. The Kier molecular flexibility index (Phi) is 4.66. The van der Waals surface area contributed by atoms with E-state index >= 15 is 0 Å². The van der Waals surface area contributed by atoms with E-state index in [0.29, 0.717) is 19.5 Å². The molecule has 18 heavy (non-hydrogen) atoms. The normalized spacial score (nSPS) is 19.1. The maximum Gasteiger partial charge on any atom is 0.241 e. The molecule has 100 valence electrons. The Balaban J connectivity index is 1.72. The largest absolute Gasteiger partial charge is 0.376 e. The summed E-state index contributed by atoms with van der Waals surface area (Å²) in [6.07, 6.45) is 4.68. The van der Waals surface area contributed by atoms with E-state index in [1.54, 1.807) is 6.20 Å². The number of aromatic nitrogens is 3. The lowest BCUT2D eigenvalue weighted by molar-refractivity contribution is -0.122. The molecule has 7 heteroatoms. The van der Waals surface area contributed by atoms with Gasteiger partial charge in [0.05, 0.1) is 11.8 Å². The summed E-state index contributed by atoms with van der Waals surface area (Å²) in [5.41, 5.74) is 6.23. The van der Waals surface area contributed by atoms with Gasteiger partial charge in [0.1, 0.15) is 6.54 Å². The molecule has 0 aromatic carbocycles. The first-order valence-electron chi connectivity index (χ1n) is 6.25. The molecule has 0 bridgehead atoms. The van der Waals surface area contributed by atoms with Crippen LogP contribution in [0.1, 0.15) is 18.5 Å². The van der Waals surface area contributed by atoms with E-state index in [9.17, 15) is 4.79 Å². The highest BCUT2D eigenvalue weighted by Crippen LogP contribution is 2.10. The van der Waals surface area contributed by atoms with Crippen LogP contribution in [0.5, 0.6) is 0 Å². The maximum atomic E-state index is 11.7. The predicted octanol–water partition coefficient (Wildman–Crippen LogP) is -0.925. The minimum absolute atomic E-state index is 0.0744. The van der Waals surface area contributed by atoms with Gasteiger partial charge in [0.2, 0.25) is 5.91 Å². The van der Waals surface area contributed by atoms with Gasteiger partial charge in [0, 0.05) is 25.8 Å². The second-order valence-electron chi connectivity index (χ2n) is 4.39. The van der Waals surface area contributed by atoms with E-state index in [2.05, 4.69) is 15.6 Å². The number of hydrogen-bond donors (Lipinski definition) is 2. The van der Waals surface area contributed by atoms with Crippen molar-refractivity contribution in [2.75, 3.05) is 19.7 Å². The zero-order chi connectivity index (χ0) is 12.8. The standard InChI is InChI=1S/C11H19N5O2/c12-4-3-9-7-16(15-14-9)8-11(17)13-6-10-2-1-5-18-10/h7,10H,1-6,8,12H2,(H,13,17). The smallest absolute Gasteiger partial charge is 0.241 e. The van der Waals surface area contributed by atoms with Crippen LogP contribution in [-0.4, -0.2) is 46.7 Å². The number of nitrogens with two attached hydrogens (primary N) is 1. The van der Waals surface area contributed by atoms with E-state index in [1.165, 1.54) is 4.68 Å². The molecule has 0 aliphatic carbocycles. The minimum atomic E-state index is -0.0744. The third-order valence-electron chi connectivity index (χ3n) is 2.84. The summed E-state index contributed by atoms with van der Waals surface area (Å²) in [5, 5.41) is 10.6. The van der Waals surface area contributed by atoms with Crippen molar-refractivity contribution in [3.8, 4) is 0 Å². The number of ether oxygens (including phenoxy) is 1. The van der Waals surface area contributed by atoms with E-state index in [1.807, 2.05) is 0 Å². The SMILES string of the molecule is NCCc1cn(CC(=O)NCC2CCCO2)nn1. The van der Waals surface area contributed by atoms with Gasteiger partial charge in [0.25, 0.3) is 0 Å². The van der Waals surface area contributed by atoms with Gasteiger partial charge in [-0.3, -0.25) is 4.79 Å². The van der Waals surface area contributed by atoms with Crippen LogP contribution in [0.3, 0.4) is 0 Å². The molecule has 1 aromatic rings. The molecule has 1 fully saturated rings. The zero-order valence-corrected chi connectivity index (χ0v) is 10.3. The van der Waals surface area contributed by atoms with Crippen molar-refractivity contribution in [1.82, 2.24) is 20.3 Å². The van der Waals surface area contributed by atoms with Crippen molar-refractivity contribution in [2.24, 2.45) is 5.73 Å². The molecule has 7 nitrogen and oxygen atoms in total. The number of nitrogens with zero attached hydrogens (tertiary/aromatic N) is 3. The summed E-state index contributed by atoms with van der Waals surface area (Å²) in [5.74, 6) is -0.0744. The van der Waals surface area contributed by atoms with E-state index in [4.69, 9.17) is 10.5 Å². The molecule has 1 amide bonds. The van der Waals surface area contributed by atoms with Gasteiger partial charge < -0.3 is 15.8 Å². The van der Waals surface area contributed by atoms with Gasteiger partial charge in [-0.2, -0.15) is 0 Å². The molecule has 2 rings (SSSR count). The molecule has 1 aliphatic rings. The Morgan fingerprint density at radius 3 is 3.28 bits per heavy atom. The third kappa shape index (κ3) is 3.78. The molecule has 1 atom stereocenters. The molecule has 1 saturated heterocycles. The van der Waals surface area contributed by atoms with E-state index in [0.717, 1.165) is 25.1 Å². The van der Waals surface area contributed by atoms with Crippen LogP contribution in [0.2, 0.25) is 0 Å². The first-order valence-corrected chi connectivity index (χ1v) is 6.25. The number of amides is 1. The lowest BCUT2D eigenvalue weighted by Crippen LogP contribution is -2.34. The lowest BCUT2D eigenvalue weighted by Gasteiger charge is -2.10. The molecule has 0 spiro atoms. The Morgan fingerprint density at radius 1 is 1.67 bits per heavy atom. The first-order chi connectivity index (χ1) is 8.78. The van der Waals surface area contributed by atoms with Gasteiger partial charge in [0.15, 0.2) is 0 Å². The van der Waals surface area contributed by atoms with Crippen molar-refractivity contribution in [3.63, 3.8) is 0 Å². The summed E-state index contributed by atoms with van der Waals surface area (Å²) in [6, 6.07) is 0. The van der Waals surface area contributed by atoms with Crippen LogP contribution in [0.25, 0.3) is 0 Å². The minimum Gasteiger partial charge on any atom is -0.376 e. The molecule has 2 heterocycles. The summed E-state index contributed by atoms with van der Waals surface area (Å²) in [4.78, 5) is 11.7. The highest BCUT2D eigenvalue weighted by Gasteiger charge is 2.16. The highest BCUT2D eigenvalue weighted by atomic mass is 16.5. The van der Waals surface area contributed by atoms with Gasteiger partial charge in [-0.25, -0.2) is 4.68 Å². The molecule has 0 saturated carbocycles. The highest BCUT2D eigenvalue weighted by molar-refractivity contribution is 5.75. The quantitative estimate of drug-likeness (QED) is 0.683. The maximum absolute atomic E-state index is 11.7. The molecule has 1 unspecified atom stereocenters. The fraction of sp³-hybridized carbons (Fsp3) is 0.727. The summed E-state index contributed by atoms with van der Waals surface area (Å²) in [6.45, 7) is 2.09. The monoisotopic (exact) mass is 253 g/mol. The summed E-state index contributed by atoms with van der Waals surface area (Å²) in [7, 11) is 0. The topological polar surface area (TPSA) is 95.1 Å². The van der Waals surface area contributed by atoms with Crippen LogP contribution in [0.15, 0.2) is 6.20 Å². The van der Waals surface area contributed by atoms with Gasteiger partial charge in [-0.1, -0.05) is 5.21 Å². The molecule has 1 aromatic heterocycles. The van der Waals surface area contributed by atoms with Crippen LogP contribution >= 0.6 is 0 Å². The van der Waals surface area contributed by atoms with Crippen LogP contribution in [0.4, 0.5) is 0 Å². The van der Waals surface area contributed by atoms with Crippen molar-refractivity contribution < 1.29 is 9.53 Å². The fourth-order valence-electron chi connectivity index (χ4n) is 1.91. The average molecular weight is 253 g/mol. The average Bonchev–Trinajstić information content (AvgIpc) is 2.99. The van der Waals surface area contributed by atoms with Gasteiger partial charge in [-0.05, 0) is 19.4 Å². The van der Waals surface area contributed by atoms with Crippen molar-refractivity contribution >= 4 is 5.91 Å². The molecular formula is C11H19N5O2. The molecule has 0 radical (unpaired) electrons. The van der Waals surface area contributed by atoms with E-state index < -0.39 is 0 Å². The Labute approximate surface area is 106 Å². The Bertz CT molecular complexity index is 387. The zero-order valence-electron chi connectivity index (χ0n) is 10.3. The number of carbonyl (C=O) groups is 1.